The van der Waals surface area contributed by atoms with Gasteiger partial charge in [0.25, 0.3) is 0 Å². The van der Waals surface area contributed by atoms with Gasteiger partial charge in [0, 0.05) is 6.04 Å². The number of nitrogens with zero attached hydrogens (tertiary/aromatic N) is 3. The van der Waals surface area contributed by atoms with Crippen molar-refractivity contribution in [2.75, 3.05) is 5.75 Å². The molecule has 7 heteroatoms. The maximum Gasteiger partial charge on any atom is 0.213 e. The molecule has 1 aliphatic rings. The molecule has 0 amide bonds. The van der Waals surface area contributed by atoms with Crippen molar-refractivity contribution in [3.05, 3.63) is 24.3 Å². The summed E-state index contributed by atoms with van der Waals surface area (Å²) in [6.07, 6.45) is 4.17. The van der Waals surface area contributed by atoms with Crippen molar-refractivity contribution in [2.24, 2.45) is 5.92 Å². The van der Waals surface area contributed by atoms with Crippen LogP contribution in [-0.4, -0.2) is 35.2 Å². The average Bonchev–Trinajstić information content (AvgIpc) is 2.88. The van der Waals surface area contributed by atoms with Crippen LogP contribution in [0.4, 0.5) is 0 Å². The lowest BCUT2D eigenvalue weighted by Gasteiger charge is -2.27. The second-order valence-electron chi connectivity index (χ2n) is 6.21. The van der Waals surface area contributed by atoms with E-state index >= 15 is 0 Å². The van der Waals surface area contributed by atoms with Gasteiger partial charge in [-0.3, -0.25) is 0 Å². The third kappa shape index (κ3) is 3.64. The van der Waals surface area contributed by atoms with Crippen LogP contribution in [-0.2, 0) is 16.6 Å². The molecule has 120 valence electrons. The summed E-state index contributed by atoms with van der Waals surface area (Å²) in [4.78, 5) is 0. The van der Waals surface area contributed by atoms with Crippen LogP contribution < -0.4 is 4.72 Å². The van der Waals surface area contributed by atoms with E-state index in [-0.39, 0.29) is 11.8 Å². The summed E-state index contributed by atoms with van der Waals surface area (Å²) in [5.74, 6) is 0.631. The van der Waals surface area contributed by atoms with E-state index in [1.807, 2.05) is 24.3 Å². The normalized spacial score (nSPS) is 23.0. The molecule has 0 radical (unpaired) electrons. The molecule has 0 saturated heterocycles. The minimum Gasteiger partial charge on any atom is -0.244 e. The fourth-order valence-corrected chi connectivity index (χ4v) is 4.40. The minimum atomic E-state index is -3.29. The molecule has 1 aliphatic carbocycles. The summed E-state index contributed by atoms with van der Waals surface area (Å²) in [5, 5.41) is 8.07. The largest absolute Gasteiger partial charge is 0.244 e. The molecule has 1 heterocycles. The molecule has 2 atom stereocenters. The van der Waals surface area contributed by atoms with Crippen LogP contribution in [0.5, 0.6) is 0 Å². The van der Waals surface area contributed by atoms with Crippen molar-refractivity contribution in [3.63, 3.8) is 0 Å². The molecule has 2 aromatic rings. The predicted molar refractivity (Wildman–Crippen MR) is 85.9 cm³/mol. The molecule has 3 rings (SSSR count). The van der Waals surface area contributed by atoms with Crippen LogP contribution in [0.15, 0.2) is 24.3 Å². The Morgan fingerprint density at radius 2 is 2.14 bits per heavy atom. The lowest BCUT2D eigenvalue weighted by atomic mass is 9.88. The van der Waals surface area contributed by atoms with E-state index in [0.29, 0.717) is 12.5 Å². The summed E-state index contributed by atoms with van der Waals surface area (Å²) in [6, 6.07) is 7.65. The van der Waals surface area contributed by atoms with Crippen LogP contribution in [0, 0.1) is 5.92 Å². The summed E-state index contributed by atoms with van der Waals surface area (Å²) in [5.41, 5.74) is 1.65. The molecule has 1 aromatic heterocycles. The Hall–Kier alpha value is -1.47. The smallest absolute Gasteiger partial charge is 0.213 e. The lowest BCUT2D eigenvalue weighted by Crippen LogP contribution is -2.39. The molecule has 22 heavy (non-hydrogen) atoms. The van der Waals surface area contributed by atoms with Crippen LogP contribution in [0.25, 0.3) is 11.0 Å². The Balaban J connectivity index is 1.62. The van der Waals surface area contributed by atoms with E-state index in [2.05, 4.69) is 22.0 Å². The highest BCUT2D eigenvalue weighted by Crippen LogP contribution is 2.24. The SMILES string of the molecule is C[C@@H]1CCC[C@H](NS(=O)(=O)CCn2nnc3ccccc32)C1. The monoisotopic (exact) mass is 322 g/mol. The highest BCUT2D eigenvalue weighted by molar-refractivity contribution is 7.89. The Labute approximate surface area is 130 Å². The molecular formula is C15H22N4O2S. The highest BCUT2D eigenvalue weighted by Gasteiger charge is 2.23. The number of fused-ring (bicyclic) bond motifs is 1. The van der Waals surface area contributed by atoms with Crippen molar-refractivity contribution in [1.29, 1.82) is 0 Å². The first-order chi connectivity index (χ1) is 10.5. The molecule has 1 fully saturated rings. The average molecular weight is 322 g/mol. The molecule has 1 N–H and O–H groups in total. The number of nitrogens with one attached hydrogen (secondary N) is 1. The van der Waals surface area contributed by atoms with Crippen molar-refractivity contribution in [3.8, 4) is 0 Å². The predicted octanol–water partition coefficient (Wildman–Crippen LogP) is 1.93. The maximum atomic E-state index is 12.3. The second kappa shape index (κ2) is 6.34. The number of benzene rings is 1. The number of hydrogen-bond acceptors (Lipinski definition) is 4. The number of sulfonamides is 1. The molecule has 6 nitrogen and oxygen atoms in total. The van der Waals surface area contributed by atoms with E-state index in [0.717, 1.165) is 30.3 Å². The minimum absolute atomic E-state index is 0.0330. The quantitative estimate of drug-likeness (QED) is 0.912. The maximum absolute atomic E-state index is 12.3. The van der Waals surface area contributed by atoms with Crippen LogP contribution in [0.3, 0.4) is 0 Å². The first-order valence-electron chi connectivity index (χ1n) is 7.82. The molecule has 1 aromatic carbocycles. The first-order valence-corrected chi connectivity index (χ1v) is 9.47. The molecule has 1 saturated carbocycles. The zero-order valence-corrected chi connectivity index (χ0v) is 13.6. The zero-order chi connectivity index (χ0) is 15.6. The van der Waals surface area contributed by atoms with Crippen molar-refractivity contribution in [1.82, 2.24) is 19.7 Å². The third-order valence-corrected chi connectivity index (χ3v) is 5.69. The molecule has 0 aliphatic heterocycles. The molecular weight excluding hydrogens is 300 g/mol. The summed E-state index contributed by atoms with van der Waals surface area (Å²) >= 11 is 0. The summed E-state index contributed by atoms with van der Waals surface area (Å²) in [7, 11) is -3.29. The van der Waals surface area contributed by atoms with Crippen molar-refractivity contribution < 1.29 is 8.42 Å². The molecule has 0 bridgehead atoms. The number of aromatic nitrogens is 3. The molecule has 0 spiro atoms. The summed E-state index contributed by atoms with van der Waals surface area (Å²) in [6.45, 7) is 2.50. The van der Waals surface area contributed by atoms with Crippen LogP contribution >= 0.6 is 0 Å². The molecule has 0 unspecified atom stereocenters. The standard InChI is InChI=1S/C15H22N4O2S/c1-12-5-4-6-13(11-12)17-22(20,21)10-9-19-15-8-3-2-7-14(15)16-18-19/h2-3,7-8,12-13,17H,4-6,9-11H2,1H3/t12-,13+/m1/s1. The Morgan fingerprint density at radius 1 is 1.32 bits per heavy atom. The Kier molecular flexibility index (Phi) is 4.44. The van der Waals surface area contributed by atoms with E-state index in [1.165, 1.54) is 6.42 Å². The van der Waals surface area contributed by atoms with Gasteiger partial charge in [0.15, 0.2) is 0 Å². The highest BCUT2D eigenvalue weighted by atomic mass is 32.2. The van der Waals surface area contributed by atoms with Gasteiger partial charge in [0.2, 0.25) is 10.0 Å². The number of aryl methyl sites for hydroxylation is 1. The fourth-order valence-electron chi connectivity index (χ4n) is 3.14. The van der Waals surface area contributed by atoms with Gasteiger partial charge >= 0.3 is 0 Å². The topological polar surface area (TPSA) is 76.9 Å². The Bertz CT molecular complexity index is 741. The van der Waals surface area contributed by atoms with Crippen LogP contribution in [0.1, 0.15) is 32.6 Å². The van der Waals surface area contributed by atoms with E-state index in [4.69, 9.17) is 0 Å². The first kappa shape index (κ1) is 15.4. The van der Waals surface area contributed by atoms with Gasteiger partial charge < -0.3 is 0 Å². The lowest BCUT2D eigenvalue weighted by molar-refractivity contribution is 0.327. The second-order valence-corrected chi connectivity index (χ2v) is 8.08. The van der Waals surface area contributed by atoms with E-state index in [1.54, 1.807) is 4.68 Å². The van der Waals surface area contributed by atoms with E-state index < -0.39 is 10.0 Å². The van der Waals surface area contributed by atoms with Gasteiger partial charge in [0.05, 0.1) is 17.8 Å². The van der Waals surface area contributed by atoms with Gasteiger partial charge in [-0.2, -0.15) is 0 Å². The fraction of sp³-hybridized carbons (Fsp3) is 0.600. The van der Waals surface area contributed by atoms with Crippen molar-refractivity contribution in [2.45, 2.75) is 45.2 Å². The zero-order valence-electron chi connectivity index (χ0n) is 12.8. The van der Waals surface area contributed by atoms with Gasteiger partial charge in [-0.25, -0.2) is 17.8 Å². The summed E-state index contributed by atoms with van der Waals surface area (Å²) < 4.78 is 29.0. The van der Waals surface area contributed by atoms with Crippen LogP contribution in [0.2, 0.25) is 0 Å². The van der Waals surface area contributed by atoms with Gasteiger partial charge in [-0.1, -0.05) is 37.1 Å². The van der Waals surface area contributed by atoms with E-state index in [9.17, 15) is 8.42 Å². The number of para-hydroxylation sites is 1. The Morgan fingerprint density at radius 3 is 2.95 bits per heavy atom. The number of rotatable bonds is 5. The van der Waals surface area contributed by atoms with Gasteiger partial charge in [-0.15, -0.1) is 5.10 Å². The van der Waals surface area contributed by atoms with Gasteiger partial charge in [0.1, 0.15) is 5.52 Å². The number of hydrogen-bond donors (Lipinski definition) is 1. The van der Waals surface area contributed by atoms with Gasteiger partial charge in [-0.05, 0) is 30.9 Å². The van der Waals surface area contributed by atoms with Crippen molar-refractivity contribution >= 4 is 21.1 Å². The third-order valence-electron chi connectivity index (χ3n) is 4.27.